The van der Waals surface area contributed by atoms with Gasteiger partial charge in [-0.15, -0.1) is 0 Å². The van der Waals surface area contributed by atoms with Crippen molar-refractivity contribution in [2.24, 2.45) is 0 Å². The molecule has 2 aromatic rings. The van der Waals surface area contributed by atoms with E-state index in [0.717, 1.165) is 28.9 Å². The van der Waals surface area contributed by atoms with E-state index >= 15 is 0 Å². The first-order valence-electron chi connectivity index (χ1n) is 10.3. The van der Waals surface area contributed by atoms with Crippen molar-refractivity contribution in [1.82, 2.24) is 4.90 Å². The minimum Gasteiger partial charge on any atom is -0.369 e. The van der Waals surface area contributed by atoms with Crippen LogP contribution in [-0.4, -0.2) is 48.8 Å². The normalized spacial score (nSPS) is 19.5. The molecule has 1 heterocycles. The summed E-state index contributed by atoms with van der Waals surface area (Å²) in [4.78, 5) is 28.4. The molecular weight excluding hydrogens is 405 g/mol. The summed E-state index contributed by atoms with van der Waals surface area (Å²) in [6, 6.07) is 10.8. The molecular formula is C23H25ClFN3O2. The number of halogens is 2. The molecule has 1 fully saturated rings. The van der Waals surface area contributed by atoms with Gasteiger partial charge >= 0.3 is 0 Å². The first-order chi connectivity index (χ1) is 14.4. The lowest BCUT2D eigenvalue weighted by atomic mass is 9.90. The van der Waals surface area contributed by atoms with Crippen molar-refractivity contribution in [2.45, 2.75) is 32.2 Å². The Morgan fingerprint density at radius 3 is 2.77 bits per heavy atom. The van der Waals surface area contributed by atoms with Gasteiger partial charge in [-0.2, -0.15) is 0 Å². The fourth-order valence-corrected chi connectivity index (χ4v) is 4.33. The Morgan fingerprint density at radius 2 is 2.00 bits per heavy atom. The maximum atomic E-state index is 13.8. The minimum absolute atomic E-state index is 0.0559. The molecule has 1 aliphatic carbocycles. The number of ketones is 1. The second kappa shape index (κ2) is 8.74. The Bertz CT molecular complexity index is 981. The Balaban J connectivity index is 1.33. The van der Waals surface area contributed by atoms with Crippen molar-refractivity contribution in [3.8, 4) is 0 Å². The number of piperazine rings is 1. The predicted octanol–water partition coefficient (Wildman–Crippen LogP) is 3.69. The first-order valence-corrected chi connectivity index (χ1v) is 10.6. The summed E-state index contributed by atoms with van der Waals surface area (Å²) in [6.07, 6.45) is 1.80. The van der Waals surface area contributed by atoms with E-state index < -0.39 is 5.82 Å². The van der Waals surface area contributed by atoms with E-state index in [-0.39, 0.29) is 22.8 Å². The number of hydrogen-bond acceptors (Lipinski definition) is 4. The molecule has 1 N–H and O–H groups in total. The van der Waals surface area contributed by atoms with E-state index in [1.807, 2.05) is 24.3 Å². The van der Waals surface area contributed by atoms with Gasteiger partial charge < -0.3 is 10.2 Å². The van der Waals surface area contributed by atoms with Crippen molar-refractivity contribution < 1.29 is 14.0 Å². The molecule has 5 nitrogen and oxygen atoms in total. The zero-order chi connectivity index (χ0) is 21.3. The quantitative estimate of drug-likeness (QED) is 0.805. The second-order valence-corrected chi connectivity index (χ2v) is 8.52. The summed E-state index contributed by atoms with van der Waals surface area (Å²) in [5.41, 5.74) is 3.79. The van der Waals surface area contributed by atoms with Gasteiger partial charge in [0.15, 0.2) is 0 Å². The van der Waals surface area contributed by atoms with Crippen LogP contribution >= 0.6 is 11.6 Å². The van der Waals surface area contributed by atoms with Crippen LogP contribution in [0.25, 0.3) is 0 Å². The Kier molecular flexibility index (Phi) is 6.06. The van der Waals surface area contributed by atoms with Crippen LogP contribution in [0, 0.1) is 5.82 Å². The zero-order valence-corrected chi connectivity index (χ0v) is 17.7. The van der Waals surface area contributed by atoms with E-state index in [0.29, 0.717) is 39.0 Å². The van der Waals surface area contributed by atoms with Gasteiger partial charge in [-0.25, -0.2) is 4.39 Å². The monoisotopic (exact) mass is 429 g/mol. The second-order valence-electron chi connectivity index (χ2n) is 8.11. The average molecular weight is 430 g/mol. The molecule has 1 aliphatic heterocycles. The van der Waals surface area contributed by atoms with Crippen LogP contribution in [0.15, 0.2) is 36.4 Å². The molecule has 30 heavy (non-hydrogen) atoms. The highest BCUT2D eigenvalue weighted by Crippen LogP contribution is 2.25. The number of hydrogen-bond donors (Lipinski definition) is 1. The maximum Gasteiger partial charge on any atom is 0.238 e. The summed E-state index contributed by atoms with van der Waals surface area (Å²) in [5, 5.41) is 3.11. The standard InChI is InChI=1S/C23H25ClFN3O2/c1-15-13-28(19-5-7-21(24)22(25)12-19)9-8-27(15)14-23(30)26-18-4-2-17-11-20(29)6-3-16(17)10-18/h2,4-5,7,10,12,15H,3,6,8-9,11,13-14H2,1H3,(H,26,30)/t15-/m1/s1. The minimum atomic E-state index is -0.418. The maximum absolute atomic E-state index is 13.8. The molecule has 158 valence electrons. The third kappa shape index (κ3) is 4.65. The fraction of sp³-hybridized carbons (Fsp3) is 0.391. The molecule has 1 atom stereocenters. The van der Waals surface area contributed by atoms with Crippen LogP contribution < -0.4 is 10.2 Å². The van der Waals surface area contributed by atoms with E-state index in [2.05, 4.69) is 22.0 Å². The van der Waals surface area contributed by atoms with E-state index in [1.165, 1.54) is 6.07 Å². The van der Waals surface area contributed by atoms with Gasteiger partial charge in [0.05, 0.1) is 11.6 Å². The van der Waals surface area contributed by atoms with Crippen LogP contribution in [-0.2, 0) is 22.4 Å². The summed E-state index contributed by atoms with van der Waals surface area (Å²) in [6.45, 7) is 4.51. The van der Waals surface area contributed by atoms with Crippen LogP contribution in [0.5, 0.6) is 0 Å². The summed E-state index contributed by atoms with van der Waals surface area (Å²) in [5.74, 6) is -0.202. The van der Waals surface area contributed by atoms with Crippen molar-refractivity contribution in [3.05, 3.63) is 58.4 Å². The molecule has 2 aliphatic rings. The number of aryl methyl sites for hydroxylation is 1. The van der Waals surface area contributed by atoms with Gasteiger partial charge in [0.25, 0.3) is 0 Å². The predicted molar refractivity (Wildman–Crippen MR) is 117 cm³/mol. The third-order valence-electron chi connectivity index (χ3n) is 5.93. The number of fused-ring (bicyclic) bond motifs is 1. The molecule has 0 spiro atoms. The SMILES string of the molecule is C[C@@H]1CN(c2ccc(Cl)c(F)c2)CCN1CC(=O)Nc1ccc2c(c1)CCC(=O)C2. The number of benzene rings is 2. The number of Topliss-reactive ketones (excluding diaryl/α,β-unsaturated/α-hetero) is 1. The molecule has 4 rings (SSSR count). The van der Waals surface area contributed by atoms with Crippen molar-refractivity contribution in [2.75, 3.05) is 36.4 Å². The highest BCUT2D eigenvalue weighted by molar-refractivity contribution is 6.30. The van der Waals surface area contributed by atoms with Gasteiger partial charge in [0.2, 0.25) is 5.91 Å². The lowest BCUT2D eigenvalue weighted by molar-refractivity contribution is -0.119. The van der Waals surface area contributed by atoms with Crippen LogP contribution in [0.2, 0.25) is 5.02 Å². The lowest BCUT2D eigenvalue weighted by Crippen LogP contribution is -2.53. The van der Waals surface area contributed by atoms with Gasteiger partial charge in [-0.3, -0.25) is 14.5 Å². The molecule has 0 unspecified atom stereocenters. The van der Waals surface area contributed by atoms with Crippen LogP contribution in [0.3, 0.4) is 0 Å². The zero-order valence-electron chi connectivity index (χ0n) is 17.0. The molecule has 7 heteroatoms. The van der Waals surface area contributed by atoms with Gasteiger partial charge in [0.1, 0.15) is 11.6 Å². The lowest BCUT2D eigenvalue weighted by Gasteiger charge is -2.40. The van der Waals surface area contributed by atoms with Gasteiger partial charge in [-0.05, 0) is 54.8 Å². The van der Waals surface area contributed by atoms with Crippen molar-refractivity contribution in [1.29, 1.82) is 0 Å². The highest BCUT2D eigenvalue weighted by atomic mass is 35.5. The van der Waals surface area contributed by atoms with E-state index in [9.17, 15) is 14.0 Å². The number of anilines is 2. The number of amides is 1. The summed E-state index contributed by atoms with van der Waals surface area (Å²) < 4.78 is 13.8. The molecule has 2 aromatic carbocycles. The van der Waals surface area contributed by atoms with E-state index in [4.69, 9.17) is 11.6 Å². The van der Waals surface area contributed by atoms with Gasteiger partial charge in [-0.1, -0.05) is 17.7 Å². The van der Waals surface area contributed by atoms with E-state index in [1.54, 1.807) is 6.07 Å². The molecule has 1 saturated heterocycles. The molecule has 0 radical (unpaired) electrons. The number of carbonyl (C=O) groups excluding carboxylic acids is 2. The number of nitrogens with zero attached hydrogens (tertiary/aromatic N) is 2. The summed E-state index contributed by atoms with van der Waals surface area (Å²) in [7, 11) is 0. The van der Waals surface area contributed by atoms with Crippen LogP contribution in [0.4, 0.5) is 15.8 Å². The topological polar surface area (TPSA) is 52.6 Å². The van der Waals surface area contributed by atoms with Crippen molar-refractivity contribution >= 4 is 34.7 Å². The van der Waals surface area contributed by atoms with Gasteiger partial charge in [0, 0.05) is 49.9 Å². The van der Waals surface area contributed by atoms with Crippen LogP contribution in [0.1, 0.15) is 24.5 Å². The first kappa shape index (κ1) is 20.8. The van der Waals surface area contributed by atoms with Crippen molar-refractivity contribution in [3.63, 3.8) is 0 Å². The largest absolute Gasteiger partial charge is 0.369 e. The molecule has 0 aromatic heterocycles. The molecule has 0 bridgehead atoms. The number of rotatable bonds is 4. The number of carbonyl (C=O) groups is 2. The summed E-state index contributed by atoms with van der Waals surface area (Å²) >= 11 is 5.78. The third-order valence-corrected chi connectivity index (χ3v) is 6.24. The Morgan fingerprint density at radius 1 is 1.17 bits per heavy atom. The average Bonchev–Trinajstić information content (AvgIpc) is 2.71. The molecule has 0 saturated carbocycles. The smallest absolute Gasteiger partial charge is 0.238 e. The fourth-order valence-electron chi connectivity index (χ4n) is 4.22. The molecule has 1 amide bonds. The number of nitrogens with one attached hydrogen (secondary N) is 1. The Hall–Kier alpha value is -2.44. The highest BCUT2D eigenvalue weighted by Gasteiger charge is 2.26. The Labute approximate surface area is 180 Å².